The van der Waals surface area contributed by atoms with E-state index in [4.69, 9.17) is 19.5 Å². The Kier molecular flexibility index (Phi) is 3.10. The number of imidazole rings is 1. The SMILES string of the molecule is Nc1nc2c(ncn2[C@@H]2OC[C@@H](O)[C@H]3OP(=O)(O)O[C@H]32)c(=O)[nH]1. The van der Waals surface area contributed by atoms with E-state index in [0.717, 1.165) is 0 Å². The van der Waals surface area contributed by atoms with Crippen LogP contribution in [0, 0.1) is 0 Å². The van der Waals surface area contributed by atoms with Gasteiger partial charge in [0.2, 0.25) is 5.95 Å². The van der Waals surface area contributed by atoms with Crippen molar-refractivity contribution in [2.75, 3.05) is 12.3 Å². The number of nitrogen functional groups attached to an aromatic ring is 1. The van der Waals surface area contributed by atoms with E-state index >= 15 is 0 Å². The molecular formula is C10H12N5O7P. The zero-order valence-electron chi connectivity index (χ0n) is 11.4. The number of fused-ring (bicyclic) bond motifs is 2. The lowest BCUT2D eigenvalue weighted by atomic mass is 10.0. The second-order valence-corrected chi connectivity index (χ2v) is 6.53. The lowest BCUT2D eigenvalue weighted by molar-refractivity contribution is -0.170. The van der Waals surface area contributed by atoms with Crippen molar-refractivity contribution in [3.8, 4) is 0 Å². The highest BCUT2D eigenvalue weighted by Gasteiger charge is 2.54. The molecule has 0 amide bonds. The highest BCUT2D eigenvalue weighted by Crippen LogP contribution is 2.56. The Morgan fingerprint density at radius 3 is 2.96 bits per heavy atom. The number of phosphoric ester groups is 1. The van der Waals surface area contributed by atoms with Gasteiger partial charge in [0, 0.05) is 0 Å². The molecule has 5 N–H and O–H groups in total. The van der Waals surface area contributed by atoms with Gasteiger partial charge in [0.15, 0.2) is 17.4 Å². The van der Waals surface area contributed by atoms with E-state index < -0.39 is 37.9 Å². The van der Waals surface area contributed by atoms with Gasteiger partial charge in [-0.2, -0.15) is 4.98 Å². The molecule has 2 aromatic heterocycles. The molecule has 0 spiro atoms. The first-order valence-corrected chi connectivity index (χ1v) is 8.07. The largest absolute Gasteiger partial charge is 0.473 e. The molecule has 12 nitrogen and oxygen atoms in total. The molecule has 13 heteroatoms. The van der Waals surface area contributed by atoms with Gasteiger partial charge >= 0.3 is 7.82 Å². The van der Waals surface area contributed by atoms with Crippen molar-refractivity contribution >= 4 is 24.9 Å². The van der Waals surface area contributed by atoms with Gasteiger partial charge in [-0.05, 0) is 0 Å². The average molecular weight is 345 g/mol. The Morgan fingerprint density at radius 2 is 2.17 bits per heavy atom. The number of H-pyrrole nitrogens is 1. The minimum Gasteiger partial charge on any atom is -0.388 e. The number of rotatable bonds is 1. The number of aliphatic hydroxyl groups is 1. The minimum absolute atomic E-state index is 0.0246. The molecule has 0 aromatic carbocycles. The third-order valence-corrected chi connectivity index (χ3v) is 4.68. The summed E-state index contributed by atoms with van der Waals surface area (Å²) in [5.41, 5.74) is 5.14. The Labute approximate surface area is 127 Å². The number of ether oxygens (including phenoxy) is 1. The van der Waals surface area contributed by atoms with Crippen LogP contribution < -0.4 is 11.3 Å². The van der Waals surface area contributed by atoms with E-state index in [9.17, 15) is 19.4 Å². The Balaban J connectivity index is 1.81. The first kappa shape index (κ1) is 14.8. The van der Waals surface area contributed by atoms with Gasteiger partial charge in [-0.3, -0.25) is 23.4 Å². The van der Waals surface area contributed by atoms with E-state index in [-0.39, 0.29) is 23.7 Å². The van der Waals surface area contributed by atoms with Crippen molar-refractivity contribution in [1.29, 1.82) is 0 Å². The molecule has 0 saturated carbocycles. The summed E-state index contributed by atoms with van der Waals surface area (Å²) in [5.74, 6) is -0.118. The topological polar surface area (TPSA) is 175 Å². The van der Waals surface area contributed by atoms with Crippen molar-refractivity contribution in [3.05, 3.63) is 16.7 Å². The first-order chi connectivity index (χ1) is 10.9. The second kappa shape index (κ2) is 4.84. The second-order valence-electron chi connectivity index (χ2n) is 5.18. The van der Waals surface area contributed by atoms with E-state index in [1.54, 1.807) is 0 Å². The van der Waals surface area contributed by atoms with E-state index in [0.29, 0.717) is 0 Å². The number of hydrogen-bond donors (Lipinski definition) is 4. The van der Waals surface area contributed by atoms with Gasteiger partial charge in [-0.1, -0.05) is 0 Å². The lowest BCUT2D eigenvalue weighted by Crippen LogP contribution is -2.49. The normalized spacial score (nSPS) is 37.1. The number of nitrogens with zero attached hydrogens (tertiary/aromatic N) is 3. The number of aromatic amines is 1. The molecule has 0 aliphatic carbocycles. The van der Waals surface area contributed by atoms with Gasteiger partial charge < -0.3 is 20.5 Å². The summed E-state index contributed by atoms with van der Waals surface area (Å²) in [4.78, 5) is 31.5. The highest BCUT2D eigenvalue weighted by molar-refractivity contribution is 7.47. The Bertz CT molecular complexity index is 880. The molecule has 23 heavy (non-hydrogen) atoms. The van der Waals surface area contributed by atoms with Crippen molar-refractivity contribution in [2.24, 2.45) is 0 Å². The maximum atomic E-state index is 11.8. The van der Waals surface area contributed by atoms with Crippen LogP contribution in [0.1, 0.15) is 6.23 Å². The number of hydrogen-bond acceptors (Lipinski definition) is 9. The van der Waals surface area contributed by atoms with Gasteiger partial charge in [0.25, 0.3) is 5.56 Å². The first-order valence-electron chi connectivity index (χ1n) is 6.57. The Morgan fingerprint density at radius 1 is 1.43 bits per heavy atom. The maximum Gasteiger partial charge on any atom is 0.473 e. The smallest absolute Gasteiger partial charge is 0.388 e. The Hall–Kier alpha value is -1.82. The zero-order valence-corrected chi connectivity index (χ0v) is 12.3. The molecule has 124 valence electrons. The molecular weight excluding hydrogens is 333 g/mol. The molecule has 2 saturated heterocycles. The van der Waals surface area contributed by atoms with Crippen LogP contribution in [0.3, 0.4) is 0 Å². The summed E-state index contributed by atoms with van der Waals surface area (Å²) < 4.78 is 28.3. The lowest BCUT2D eigenvalue weighted by Gasteiger charge is -2.34. The number of anilines is 1. The van der Waals surface area contributed by atoms with Gasteiger partial charge in [0.05, 0.1) is 12.9 Å². The quantitative estimate of drug-likeness (QED) is 0.444. The number of nitrogens with one attached hydrogen (secondary N) is 1. The van der Waals surface area contributed by atoms with Crippen molar-refractivity contribution in [2.45, 2.75) is 24.5 Å². The fourth-order valence-electron chi connectivity index (χ4n) is 2.71. The predicted molar refractivity (Wildman–Crippen MR) is 73.1 cm³/mol. The molecule has 2 aliphatic rings. The molecule has 4 rings (SSSR count). The molecule has 5 atom stereocenters. The minimum atomic E-state index is -4.29. The molecule has 0 radical (unpaired) electrons. The number of phosphoric acid groups is 1. The molecule has 0 bridgehead atoms. The third kappa shape index (κ3) is 2.27. The molecule has 1 unspecified atom stereocenters. The number of nitrogens with two attached hydrogens (primary N) is 1. The molecule has 2 fully saturated rings. The highest BCUT2D eigenvalue weighted by atomic mass is 31.2. The summed E-state index contributed by atoms with van der Waals surface area (Å²) in [6.45, 7) is -0.159. The van der Waals surface area contributed by atoms with E-state index in [1.165, 1.54) is 10.9 Å². The summed E-state index contributed by atoms with van der Waals surface area (Å²) in [6.07, 6.45) is -2.95. The van der Waals surface area contributed by atoms with Gasteiger partial charge in [-0.15, -0.1) is 0 Å². The van der Waals surface area contributed by atoms with Crippen LogP contribution in [-0.2, 0) is 18.3 Å². The van der Waals surface area contributed by atoms with Gasteiger partial charge in [-0.25, -0.2) is 9.55 Å². The molecule has 2 aliphatic heterocycles. The monoisotopic (exact) mass is 345 g/mol. The van der Waals surface area contributed by atoms with E-state index in [2.05, 4.69) is 15.0 Å². The average Bonchev–Trinajstić information content (AvgIpc) is 3.00. The van der Waals surface area contributed by atoms with Crippen LogP contribution in [0.25, 0.3) is 11.2 Å². The standard InChI is InChI=1S/C10H12N5O7P/c11-10-13-7-4(8(17)14-10)12-2-15(7)9-6-5(3(16)1-20-9)21-23(18,19)22-6/h2-3,5-6,9,16H,1H2,(H,18,19)(H3,11,13,14,17)/t3-,5-,6-,9-/m1/s1. The molecule has 2 aromatic rings. The fraction of sp³-hybridized carbons (Fsp3) is 0.500. The summed E-state index contributed by atoms with van der Waals surface area (Å²) in [7, 11) is -4.29. The fourth-order valence-corrected chi connectivity index (χ4v) is 3.86. The molecule has 4 heterocycles. The zero-order chi connectivity index (χ0) is 16.4. The third-order valence-electron chi connectivity index (χ3n) is 3.66. The predicted octanol–water partition coefficient (Wildman–Crippen LogP) is -1.52. The van der Waals surface area contributed by atoms with Crippen molar-refractivity contribution in [3.63, 3.8) is 0 Å². The maximum absolute atomic E-state index is 11.8. The van der Waals surface area contributed by atoms with Crippen LogP contribution in [0.15, 0.2) is 11.1 Å². The number of aliphatic hydroxyl groups excluding tert-OH is 1. The van der Waals surface area contributed by atoms with Crippen LogP contribution in [0.4, 0.5) is 5.95 Å². The van der Waals surface area contributed by atoms with Crippen LogP contribution in [0.5, 0.6) is 0 Å². The van der Waals surface area contributed by atoms with Crippen LogP contribution in [0.2, 0.25) is 0 Å². The van der Waals surface area contributed by atoms with Crippen LogP contribution >= 0.6 is 7.82 Å². The summed E-state index contributed by atoms with van der Waals surface area (Å²) >= 11 is 0. The summed E-state index contributed by atoms with van der Waals surface area (Å²) in [5, 5.41) is 9.85. The van der Waals surface area contributed by atoms with Crippen LogP contribution in [-0.4, -0.2) is 54.4 Å². The van der Waals surface area contributed by atoms with Crippen molar-refractivity contribution in [1.82, 2.24) is 19.5 Å². The van der Waals surface area contributed by atoms with E-state index in [1.807, 2.05) is 0 Å². The number of aromatic nitrogens is 4. The summed E-state index contributed by atoms with van der Waals surface area (Å²) in [6, 6.07) is 0. The van der Waals surface area contributed by atoms with Gasteiger partial charge in [0.1, 0.15) is 18.3 Å². The van der Waals surface area contributed by atoms with Crippen molar-refractivity contribution < 1.29 is 28.3 Å².